The van der Waals surface area contributed by atoms with Crippen LogP contribution in [0.25, 0.3) is 0 Å². The molecule has 0 radical (unpaired) electrons. The summed E-state index contributed by atoms with van der Waals surface area (Å²) in [5, 5.41) is 14.8. The average Bonchev–Trinajstić information content (AvgIpc) is 2.74. The second-order valence-electron chi connectivity index (χ2n) is 6.17. The lowest BCUT2D eigenvalue weighted by Crippen LogP contribution is -2.24. The van der Waals surface area contributed by atoms with Crippen molar-refractivity contribution in [2.75, 3.05) is 6.61 Å². The zero-order chi connectivity index (χ0) is 20.5. The highest BCUT2D eigenvalue weighted by molar-refractivity contribution is 5.86. The highest BCUT2D eigenvalue weighted by Gasteiger charge is 2.10. The monoisotopic (exact) mass is 389 g/mol. The molecule has 0 aliphatic rings. The van der Waals surface area contributed by atoms with Crippen LogP contribution in [0.1, 0.15) is 16.7 Å². The van der Waals surface area contributed by atoms with Gasteiger partial charge in [0.05, 0.1) is 16.7 Å². The van der Waals surface area contributed by atoms with Gasteiger partial charge in [-0.3, -0.25) is 14.9 Å². The van der Waals surface area contributed by atoms with E-state index in [1.807, 2.05) is 54.6 Å². The van der Waals surface area contributed by atoms with Gasteiger partial charge in [-0.2, -0.15) is 5.10 Å². The Hall–Kier alpha value is -4.00. The number of carbonyl (C=O) groups excluding carboxylic acids is 1. The fraction of sp³-hybridized carbons (Fsp3) is 0.0909. The molecule has 1 amide bonds. The van der Waals surface area contributed by atoms with Crippen molar-refractivity contribution in [1.82, 2.24) is 5.43 Å². The maximum atomic E-state index is 12.0. The Morgan fingerprint density at radius 1 is 1.00 bits per heavy atom. The van der Waals surface area contributed by atoms with Crippen molar-refractivity contribution in [3.8, 4) is 5.75 Å². The van der Waals surface area contributed by atoms with Crippen molar-refractivity contribution < 1.29 is 14.5 Å². The van der Waals surface area contributed by atoms with Gasteiger partial charge in [-0.15, -0.1) is 0 Å². The lowest BCUT2D eigenvalue weighted by molar-refractivity contribution is -0.385. The summed E-state index contributed by atoms with van der Waals surface area (Å²) in [7, 11) is 0. The van der Waals surface area contributed by atoms with Gasteiger partial charge in [0.25, 0.3) is 11.6 Å². The van der Waals surface area contributed by atoms with E-state index < -0.39 is 10.8 Å². The number of hydrogen-bond acceptors (Lipinski definition) is 5. The van der Waals surface area contributed by atoms with Gasteiger partial charge in [0.15, 0.2) is 6.61 Å². The Labute approximate surface area is 167 Å². The second kappa shape index (κ2) is 9.80. The third kappa shape index (κ3) is 5.74. The number of hydrazone groups is 1. The van der Waals surface area contributed by atoms with Crippen molar-refractivity contribution >= 4 is 17.8 Å². The van der Waals surface area contributed by atoms with E-state index in [0.717, 1.165) is 11.1 Å². The molecule has 0 aliphatic carbocycles. The van der Waals surface area contributed by atoms with Crippen LogP contribution in [0, 0.1) is 10.1 Å². The molecular weight excluding hydrogens is 370 g/mol. The number of hydrogen-bond donors (Lipinski definition) is 1. The van der Waals surface area contributed by atoms with Crippen LogP contribution >= 0.6 is 0 Å². The van der Waals surface area contributed by atoms with E-state index in [2.05, 4.69) is 10.5 Å². The van der Waals surface area contributed by atoms with Crippen LogP contribution in [0.2, 0.25) is 0 Å². The van der Waals surface area contributed by atoms with Gasteiger partial charge in [0, 0.05) is 12.5 Å². The predicted molar refractivity (Wildman–Crippen MR) is 110 cm³/mol. The number of nitrogens with zero attached hydrogens (tertiary/aromatic N) is 2. The second-order valence-corrected chi connectivity index (χ2v) is 6.17. The maximum absolute atomic E-state index is 12.0. The normalized spacial score (nSPS) is 10.6. The third-order valence-corrected chi connectivity index (χ3v) is 4.10. The summed E-state index contributed by atoms with van der Waals surface area (Å²) < 4.78 is 5.64. The SMILES string of the molecule is O=C(COc1ccccc1Cc1ccccc1)N/N=C\c1ccccc1[N+](=O)[O-]. The van der Waals surface area contributed by atoms with Crippen LogP contribution in [0.3, 0.4) is 0 Å². The highest BCUT2D eigenvalue weighted by Crippen LogP contribution is 2.21. The summed E-state index contributed by atoms with van der Waals surface area (Å²) in [5.74, 6) is 0.156. The summed E-state index contributed by atoms with van der Waals surface area (Å²) in [5.41, 5.74) is 4.64. The molecule has 0 fully saturated rings. The minimum Gasteiger partial charge on any atom is -0.483 e. The predicted octanol–water partition coefficient (Wildman–Crippen LogP) is 3.71. The largest absolute Gasteiger partial charge is 0.483 e. The summed E-state index contributed by atoms with van der Waals surface area (Å²) in [4.78, 5) is 22.5. The Bertz CT molecular complexity index is 1020. The fourth-order valence-electron chi connectivity index (χ4n) is 2.72. The molecule has 1 N–H and O–H groups in total. The van der Waals surface area contributed by atoms with Crippen molar-refractivity contribution in [3.63, 3.8) is 0 Å². The molecule has 3 aromatic rings. The molecule has 0 bridgehead atoms. The summed E-state index contributed by atoms with van der Waals surface area (Å²) in [6, 6.07) is 23.6. The molecule has 29 heavy (non-hydrogen) atoms. The van der Waals surface area contributed by atoms with Crippen LogP contribution in [0.5, 0.6) is 5.75 Å². The fourth-order valence-corrected chi connectivity index (χ4v) is 2.72. The quantitative estimate of drug-likeness (QED) is 0.361. The highest BCUT2D eigenvalue weighted by atomic mass is 16.6. The minimum absolute atomic E-state index is 0.0865. The molecule has 7 nitrogen and oxygen atoms in total. The average molecular weight is 389 g/mol. The molecular formula is C22H19N3O4. The van der Waals surface area contributed by atoms with Crippen molar-refractivity contribution in [2.24, 2.45) is 5.10 Å². The van der Waals surface area contributed by atoms with E-state index in [0.29, 0.717) is 17.7 Å². The van der Waals surface area contributed by atoms with Crippen LogP contribution in [-0.4, -0.2) is 23.7 Å². The first-order valence-corrected chi connectivity index (χ1v) is 8.93. The number of carbonyl (C=O) groups is 1. The van der Waals surface area contributed by atoms with E-state index in [-0.39, 0.29) is 12.3 Å². The number of para-hydroxylation sites is 2. The van der Waals surface area contributed by atoms with E-state index >= 15 is 0 Å². The zero-order valence-electron chi connectivity index (χ0n) is 15.5. The molecule has 0 aromatic heterocycles. The Morgan fingerprint density at radius 2 is 1.69 bits per heavy atom. The van der Waals surface area contributed by atoms with E-state index in [4.69, 9.17) is 4.74 Å². The summed E-state index contributed by atoms with van der Waals surface area (Å²) >= 11 is 0. The molecule has 0 aliphatic heterocycles. The summed E-state index contributed by atoms with van der Waals surface area (Å²) in [6.45, 7) is -0.222. The number of ether oxygens (including phenoxy) is 1. The maximum Gasteiger partial charge on any atom is 0.278 e. The van der Waals surface area contributed by atoms with Gasteiger partial charge in [-0.05, 0) is 23.3 Å². The van der Waals surface area contributed by atoms with Gasteiger partial charge in [-0.25, -0.2) is 5.43 Å². The first kappa shape index (κ1) is 19.8. The molecule has 0 saturated carbocycles. The van der Waals surface area contributed by atoms with Crippen LogP contribution in [-0.2, 0) is 11.2 Å². The molecule has 3 rings (SSSR count). The smallest absolute Gasteiger partial charge is 0.278 e. The number of nitro groups is 1. The van der Waals surface area contributed by atoms with E-state index in [1.54, 1.807) is 18.2 Å². The molecule has 3 aromatic carbocycles. The molecule has 0 unspecified atom stereocenters. The van der Waals surface area contributed by atoms with Gasteiger partial charge in [0.1, 0.15) is 5.75 Å². The van der Waals surface area contributed by atoms with Gasteiger partial charge < -0.3 is 4.74 Å². The number of rotatable bonds is 8. The van der Waals surface area contributed by atoms with E-state index in [9.17, 15) is 14.9 Å². The number of amides is 1. The van der Waals surface area contributed by atoms with Gasteiger partial charge in [-0.1, -0.05) is 60.7 Å². The Balaban J connectivity index is 1.57. The molecule has 146 valence electrons. The topological polar surface area (TPSA) is 93.8 Å². The zero-order valence-corrected chi connectivity index (χ0v) is 15.5. The Kier molecular flexibility index (Phi) is 6.67. The standard InChI is InChI=1S/C22H19N3O4/c26-22(24-23-15-19-11-4-6-12-20(19)25(27)28)16-29-21-13-7-5-10-18(21)14-17-8-2-1-3-9-17/h1-13,15H,14,16H2,(H,24,26)/b23-15-. The lowest BCUT2D eigenvalue weighted by Gasteiger charge is -2.11. The van der Waals surface area contributed by atoms with Gasteiger partial charge in [0.2, 0.25) is 0 Å². The minimum atomic E-state index is -0.504. The molecule has 0 saturated heterocycles. The van der Waals surface area contributed by atoms with Crippen LogP contribution in [0.15, 0.2) is 84.0 Å². The number of benzene rings is 3. The Morgan fingerprint density at radius 3 is 2.48 bits per heavy atom. The van der Waals surface area contributed by atoms with Crippen molar-refractivity contribution in [2.45, 2.75) is 6.42 Å². The molecule has 0 spiro atoms. The first-order chi connectivity index (χ1) is 14.1. The first-order valence-electron chi connectivity index (χ1n) is 8.93. The van der Waals surface area contributed by atoms with Crippen molar-refractivity contribution in [1.29, 1.82) is 0 Å². The molecule has 0 atom stereocenters. The third-order valence-electron chi connectivity index (χ3n) is 4.10. The lowest BCUT2D eigenvalue weighted by atomic mass is 10.0. The van der Waals surface area contributed by atoms with Gasteiger partial charge >= 0.3 is 0 Å². The molecule has 7 heteroatoms. The van der Waals surface area contributed by atoms with Crippen LogP contribution in [0.4, 0.5) is 5.69 Å². The van der Waals surface area contributed by atoms with E-state index in [1.165, 1.54) is 12.3 Å². The van der Waals surface area contributed by atoms with Crippen LogP contribution < -0.4 is 10.2 Å². The summed E-state index contributed by atoms with van der Waals surface area (Å²) in [6.07, 6.45) is 1.92. The number of nitro benzene ring substituents is 1. The molecule has 0 heterocycles. The number of nitrogens with one attached hydrogen (secondary N) is 1. The van der Waals surface area contributed by atoms with Crippen molar-refractivity contribution in [3.05, 3.63) is 106 Å².